The standard InChI is InChI=1S/C27H30F4N4O2/c1-17-4-6-21-20(8-9-35(26(21)37)18(2)16-34-12-10-33(3)11-13-34)25(17)32-24(36)15-19-5-7-22(23(28)14-19)27(29,30)31/h4-9,14,18H,10-13,15-16H2,1-3H3,(H,32,36)/t18-/m1/s1. The van der Waals surface area contributed by atoms with Gasteiger partial charge in [0.15, 0.2) is 0 Å². The quantitative estimate of drug-likeness (QED) is 0.490. The molecule has 10 heteroatoms. The number of anilines is 1. The summed E-state index contributed by atoms with van der Waals surface area (Å²) < 4.78 is 54.1. The van der Waals surface area contributed by atoms with Crippen LogP contribution < -0.4 is 10.9 Å². The fraction of sp³-hybridized carbons (Fsp3) is 0.407. The number of hydrogen-bond acceptors (Lipinski definition) is 4. The molecule has 198 valence electrons. The SMILES string of the molecule is Cc1ccc2c(=O)n([C@H](C)CN3CCN(C)CC3)ccc2c1NC(=O)Cc1ccc(C(F)(F)F)c(F)c1. The topological polar surface area (TPSA) is 57.6 Å². The van der Waals surface area contributed by atoms with Gasteiger partial charge in [0.2, 0.25) is 5.91 Å². The second-order valence-electron chi connectivity index (χ2n) is 9.74. The van der Waals surface area contributed by atoms with E-state index in [2.05, 4.69) is 22.2 Å². The van der Waals surface area contributed by atoms with Gasteiger partial charge < -0.3 is 14.8 Å². The van der Waals surface area contributed by atoms with Crippen LogP contribution in [-0.4, -0.2) is 60.0 Å². The Labute approximate surface area is 212 Å². The maximum absolute atomic E-state index is 13.9. The molecule has 1 atom stereocenters. The highest BCUT2D eigenvalue weighted by molar-refractivity contribution is 6.03. The number of nitrogens with one attached hydrogen (secondary N) is 1. The molecule has 1 aromatic heterocycles. The van der Waals surface area contributed by atoms with Crippen molar-refractivity contribution in [2.24, 2.45) is 0 Å². The van der Waals surface area contributed by atoms with E-state index in [1.807, 2.05) is 6.92 Å². The zero-order valence-electron chi connectivity index (χ0n) is 21.0. The van der Waals surface area contributed by atoms with Crippen molar-refractivity contribution in [3.05, 3.63) is 75.5 Å². The summed E-state index contributed by atoms with van der Waals surface area (Å²) in [6.07, 6.45) is -3.39. The summed E-state index contributed by atoms with van der Waals surface area (Å²) in [7, 11) is 2.09. The van der Waals surface area contributed by atoms with Crippen molar-refractivity contribution < 1.29 is 22.4 Å². The Hall–Kier alpha value is -3.24. The van der Waals surface area contributed by atoms with Gasteiger partial charge in [-0.1, -0.05) is 12.1 Å². The molecule has 4 rings (SSSR count). The molecule has 1 amide bonds. The molecule has 0 aliphatic carbocycles. The van der Waals surface area contributed by atoms with E-state index in [0.29, 0.717) is 22.5 Å². The van der Waals surface area contributed by atoms with Crippen molar-refractivity contribution >= 4 is 22.4 Å². The van der Waals surface area contributed by atoms with Crippen LogP contribution in [0.1, 0.15) is 29.7 Å². The van der Waals surface area contributed by atoms with E-state index in [1.165, 1.54) is 0 Å². The number of carbonyl (C=O) groups excluding carboxylic acids is 1. The van der Waals surface area contributed by atoms with Gasteiger partial charge in [-0.2, -0.15) is 13.2 Å². The van der Waals surface area contributed by atoms with Crippen LogP contribution in [0, 0.1) is 12.7 Å². The Bertz CT molecular complexity index is 1360. The Balaban J connectivity index is 1.54. The van der Waals surface area contributed by atoms with Gasteiger partial charge in [0.1, 0.15) is 5.82 Å². The van der Waals surface area contributed by atoms with Crippen LogP contribution in [0.5, 0.6) is 0 Å². The molecule has 2 aromatic carbocycles. The predicted molar refractivity (Wildman–Crippen MR) is 135 cm³/mol. The fourth-order valence-electron chi connectivity index (χ4n) is 4.72. The molecule has 2 heterocycles. The summed E-state index contributed by atoms with van der Waals surface area (Å²) in [6.45, 7) is 8.41. The maximum Gasteiger partial charge on any atom is 0.419 e. The minimum Gasteiger partial charge on any atom is -0.325 e. The largest absolute Gasteiger partial charge is 0.419 e. The molecule has 1 N–H and O–H groups in total. The lowest BCUT2D eigenvalue weighted by atomic mass is 10.0. The van der Waals surface area contributed by atoms with Gasteiger partial charge in [-0.05, 0) is 56.3 Å². The highest BCUT2D eigenvalue weighted by Gasteiger charge is 2.34. The van der Waals surface area contributed by atoms with Crippen LogP contribution in [0.3, 0.4) is 0 Å². The Morgan fingerprint density at radius 3 is 2.41 bits per heavy atom. The normalized spacial score (nSPS) is 16.2. The van der Waals surface area contributed by atoms with Gasteiger partial charge in [-0.25, -0.2) is 4.39 Å². The van der Waals surface area contributed by atoms with Crippen LogP contribution in [-0.2, 0) is 17.4 Å². The number of pyridine rings is 1. The molecule has 37 heavy (non-hydrogen) atoms. The van der Waals surface area contributed by atoms with E-state index in [9.17, 15) is 27.2 Å². The number of aryl methyl sites for hydroxylation is 1. The molecule has 0 spiro atoms. The summed E-state index contributed by atoms with van der Waals surface area (Å²) >= 11 is 0. The average molecular weight is 519 g/mol. The fourth-order valence-corrected chi connectivity index (χ4v) is 4.72. The summed E-state index contributed by atoms with van der Waals surface area (Å²) in [4.78, 5) is 30.7. The predicted octanol–water partition coefficient (Wildman–Crippen LogP) is 4.46. The minimum absolute atomic E-state index is 0.0470. The first-order chi connectivity index (χ1) is 17.4. The molecule has 6 nitrogen and oxygen atoms in total. The number of benzene rings is 2. The third-order valence-corrected chi connectivity index (χ3v) is 6.88. The number of amides is 1. The van der Waals surface area contributed by atoms with E-state index in [4.69, 9.17) is 0 Å². The molecule has 0 radical (unpaired) electrons. The zero-order valence-corrected chi connectivity index (χ0v) is 21.0. The lowest BCUT2D eigenvalue weighted by Crippen LogP contribution is -2.46. The minimum atomic E-state index is -4.81. The molecule has 1 fully saturated rings. The zero-order chi connectivity index (χ0) is 26.9. The Morgan fingerprint density at radius 2 is 1.76 bits per heavy atom. The number of likely N-dealkylation sites (N-methyl/N-ethyl adjacent to an activating group) is 1. The highest BCUT2D eigenvalue weighted by Crippen LogP contribution is 2.32. The van der Waals surface area contributed by atoms with Crippen molar-refractivity contribution in [1.82, 2.24) is 14.4 Å². The number of alkyl halides is 3. The van der Waals surface area contributed by atoms with E-state index in [0.717, 1.165) is 50.4 Å². The number of rotatable bonds is 6. The van der Waals surface area contributed by atoms with Crippen LogP contribution in [0.4, 0.5) is 23.2 Å². The van der Waals surface area contributed by atoms with Crippen molar-refractivity contribution in [1.29, 1.82) is 0 Å². The van der Waals surface area contributed by atoms with Gasteiger partial charge >= 0.3 is 6.18 Å². The van der Waals surface area contributed by atoms with Crippen molar-refractivity contribution in [2.75, 3.05) is 45.1 Å². The van der Waals surface area contributed by atoms with Crippen molar-refractivity contribution in [3.63, 3.8) is 0 Å². The molecular formula is C27H30F4N4O2. The van der Waals surface area contributed by atoms with Gasteiger partial charge in [-0.3, -0.25) is 14.5 Å². The first-order valence-corrected chi connectivity index (χ1v) is 12.1. The number of carbonyl (C=O) groups is 1. The molecule has 1 aliphatic rings. The van der Waals surface area contributed by atoms with Crippen molar-refractivity contribution in [2.45, 2.75) is 32.5 Å². The molecule has 3 aromatic rings. The lowest BCUT2D eigenvalue weighted by molar-refractivity contribution is -0.140. The van der Waals surface area contributed by atoms with Crippen LogP contribution in [0.15, 0.2) is 47.4 Å². The number of nitrogens with zero attached hydrogens (tertiary/aromatic N) is 3. The van der Waals surface area contributed by atoms with Gasteiger partial charge in [-0.15, -0.1) is 0 Å². The summed E-state index contributed by atoms with van der Waals surface area (Å²) in [5.41, 5.74) is -0.256. The summed E-state index contributed by atoms with van der Waals surface area (Å²) in [5, 5.41) is 3.79. The van der Waals surface area contributed by atoms with Gasteiger partial charge in [0.25, 0.3) is 5.56 Å². The van der Waals surface area contributed by atoms with Gasteiger partial charge in [0, 0.05) is 55.7 Å². The molecule has 0 saturated carbocycles. The highest BCUT2D eigenvalue weighted by atomic mass is 19.4. The van der Waals surface area contributed by atoms with Crippen LogP contribution in [0.2, 0.25) is 0 Å². The number of halogens is 4. The molecule has 0 unspecified atom stereocenters. The summed E-state index contributed by atoms with van der Waals surface area (Å²) in [5.74, 6) is -1.95. The number of piperazine rings is 1. The monoisotopic (exact) mass is 518 g/mol. The van der Waals surface area contributed by atoms with Crippen LogP contribution >= 0.6 is 0 Å². The average Bonchev–Trinajstić information content (AvgIpc) is 2.81. The first-order valence-electron chi connectivity index (χ1n) is 12.1. The second kappa shape index (κ2) is 10.6. The first kappa shape index (κ1) is 26.8. The third kappa shape index (κ3) is 6.02. The van der Waals surface area contributed by atoms with E-state index in [-0.39, 0.29) is 23.6 Å². The summed E-state index contributed by atoms with van der Waals surface area (Å²) in [6, 6.07) is 7.65. The van der Waals surface area contributed by atoms with E-state index < -0.39 is 23.5 Å². The number of hydrogen-bond donors (Lipinski definition) is 1. The van der Waals surface area contributed by atoms with Gasteiger partial charge in [0.05, 0.1) is 17.7 Å². The van der Waals surface area contributed by atoms with Crippen LogP contribution in [0.25, 0.3) is 10.8 Å². The Kier molecular flexibility index (Phi) is 7.70. The lowest BCUT2D eigenvalue weighted by Gasteiger charge is -2.34. The Morgan fingerprint density at radius 1 is 1.05 bits per heavy atom. The molecule has 0 bridgehead atoms. The van der Waals surface area contributed by atoms with E-state index in [1.54, 1.807) is 35.9 Å². The number of aromatic nitrogens is 1. The molecule has 1 saturated heterocycles. The smallest absolute Gasteiger partial charge is 0.325 e. The maximum atomic E-state index is 13.9. The number of fused-ring (bicyclic) bond motifs is 1. The molecule has 1 aliphatic heterocycles. The van der Waals surface area contributed by atoms with Crippen molar-refractivity contribution in [3.8, 4) is 0 Å². The third-order valence-electron chi connectivity index (χ3n) is 6.88. The second-order valence-corrected chi connectivity index (χ2v) is 9.74. The van der Waals surface area contributed by atoms with E-state index >= 15 is 0 Å². The molecular weight excluding hydrogens is 488 g/mol.